The maximum Gasteiger partial charge on any atom is 0.211 e. The molecule has 9 nitrogen and oxygen atoms in total. The van der Waals surface area contributed by atoms with E-state index in [1.54, 1.807) is 6.19 Å². The average Bonchev–Trinajstić information content (AvgIpc) is 2.61. The summed E-state index contributed by atoms with van der Waals surface area (Å²) in [6.45, 7) is 0. The summed E-state index contributed by atoms with van der Waals surface area (Å²) in [5.74, 6) is -0.660. The molecule has 11 heteroatoms. The smallest absolute Gasteiger partial charge is 0.211 e. The molecular weight excluding hydrogens is 375 g/mol. The number of methoxy groups -OCH3 is 1. The van der Waals surface area contributed by atoms with Crippen molar-refractivity contribution in [1.29, 1.82) is 10.5 Å². The van der Waals surface area contributed by atoms with Crippen molar-refractivity contribution in [2.75, 3.05) is 23.9 Å². The maximum atomic E-state index is 14.3. The molecular formula is C16H12ClFN8O. The second-order valence-electron chi connectivity index (χ2n) is 5.42. The number of pyridine rings is 1. The Morgan fingerprint density at radius 1 is 1.37 bits per heavy atom. The van der Waals surface area contributed by atoms with E-state index in [1.165, 1.54) is 19.2 Å². The Labute approximate surface area is 158 Å². The lowest BCUT2D eigenvalue weighted by molar-refractivity contribution is 0.386. The topological polar surface area (TPSA) is 158 Å². The molecule has 0 spiro atoms. The Balaban J connectivity index is 2.27. The fourth-order valence-corrected chi connectivity index (χ4v) is 3.05. The first-order valence-electron chi connectivity index (χ1n) is 7.43. The van der Waals surface area contributed by atoms with Crippen LogP contribution in [0, 0.1) is 28.6 Å². The van der Waals surface area contributed by atoms with Gasteiger partial charge in [-0.15, -0.1) is 0 Å². The van der Waals surface area contributed by atoms with Crippen LogP contribution in [0.4, 0.5) is 21.7 Å². The van der Waals surface area contributed by atoms with Crippen LogP contribution in [0.3, 0.4) is 0 Å². The van der Waals surface area contributed by atoms with Crippen LogP contribution < -0.4 is 26.8 Å². The molecule has 0 saturated heterocycles. The third-order valence-corrected chi connectivity index (χ3v) is 4.18. The van der Waals surface area contributed by atoms with Crippen LogP contribution in [-0.2, 0) is 0 Å². The van der Waals surface area contributed by atoms with E-state index in [4.69, 9.17) is 33.1 Å². The van der Waals surface area contributed by atoms with Crippen molar-refractivity contribution in [3.8, 4) is 18.0 Å². The Bertz CT molecular complexity index is 1030. The summed E-state index contributed by atoms with van der Waals surface area (Å²) in [4.78, 5) is 8.44. The van der Waals surface area contributed by atoms with Crippen LogP contribution in [0.15, 0.2) is 17.1 Å². The van der Waals surface area contributed by atoms with Gasteiger partial charge in [-0.25, -0.2) is 14.4 Å². The van der Waals surface area contributed by atoms with Gasteiger partial charge in [0.05, 0.1) is 17.8 Å². The fraction of sp³-hybridized carbons (Fsp3) is 0.125. The van der Waals surface area contributed by atoms with E-state index in [-0.39, 0.29) is 39.6 Å². The molecule has 1 aliphatic rings. The highest BCUT2D eigenvalue weighted by molar-refractivity contribution is 6.32. The van der Waals surface area contributed by atoms with Crippen LogP contribution in [-0.4, -0.2) is 18.1 Å². The van der Waals surface area contributed by atoms with Crippen molar-refractivity contribution in [2.24, 2.45) is 4.99 Å². The number of aromatic nitrogens is 1. The molecule has 6 N–H and O–H groups in total. The first kappa shape index (κ1) is 18.0. The molecule has 136 valence electrons. The highest BCUT2D eigenvalue weighted by atomic mass is 35.5. The van der Waals surface area contributed by atoms with Gasteiger partial charge in [-0.3, -0.25) is 5.32 Å². The van der Waals surface area contributed by atoms with Crippen molar-refractivity contribution < 1.29 is 9.13 Å². The normalized spacial score (nSPS) is 14.9. The zero-order valence-corrected chi connectivity index (χ0v) is 14.6. The number of halogens is 2. The minimum atomic E-state index is -0.893. The number of hydrogen-bond acceptors (Lipinski definition) is 9. The summed E-state index contributed by atoms with van der Waals surface area (Å²) >= 11 is 6.09. The first-order valence-corrected chi connectivity index (χ1v) is 7.80. The lowest BCUT2D eigenvalue weighted by Crippen LogP contribution is -2.32. The highest BCUT2D eigenvalue weighted by Crippen LogP contribution is 2.42. The third-order valence-electron chi connectivity index (χ3n) is 3.90. The number of nitrogens with one attached hydrogen (secondary N) is 2. The molecule has 0 radical (unpaired) electrons. The number of ether oxygens (including phenoxy) is 1. The number of guanidine groups is 1. The van der Waals surface area contributed by atoms with Gasteiger partial charge in [0.15, 0.2) is 17.8 Å². The van der Waals surface area contributed by atoms with Gasteiger partial charge in [0.25, 0.3) is 0 Å². The van der Waals surface area contributed by atoms with Crippen LogP contribution in [0.1, 0.15) is 22.7 Å². The molecule has 1 unspecified atom stereocenters. The summed E-state index contributed by atoms with van der Waals surface area (Å²) in [5.41, 5.74) is 12.5. The largest absolute Gasteiger partial charge is 0.492 e. The molecule has 0 fully saturated rings. The number of rotatable bonds is 2. The maximum absolute atomic E-state index is 14.3. The van der Waals surface area contributed by atoms with Crippen molar-refractivity contribution in [3.63, 3.8) is 0 Å². The molecule has 3 rings (SSSR count). The van der Waals surface area contributed by atoms with Crippen LogP contribution >= 0.6 is 11.6 Å². The quantitative estimate of drug-likeness (QED) is 0.449. The third kappa shape index (κ3) is 2.99. The second-order valence-corrected chi connectivity index (χ2v) is 5.83. The van der Waals surface area contributed by atoms with Gasteiger partial charge in [0.1, 0.15) is 29.3 Å². The number of nitrogen functional groups attached to an aromatic ring is 2. The minimum absolute atomic E-state index is 0.0208. The van der Waals surface area contributed by atoms with Gasteiger partial charge in [0.2, 0.25) is 5.96 Å². The minimum Gasteiger partial charge on any atom is -0.492 e. The summed E-state index contributed by atoms with van der Waals surface area (Å²) in [5, 5.41) is 23.3. The lowest BCUT2D eigenvalue weighted by Gasteiger charge is -2.26. The van der Waals surface area contributed by atoms with Gasteiger partial charge in [-0.1, -0.05) is 11.6 Å². The monoisotopic (exact) mass is 386 g/mol. The number of nitrogens with zero attached hydrogens (tertiary/aromatic N) is 4. The van der Waals surface area contributed by atoms with E-state index in [2.05, 4.69) is 20.6 Å². The van der Waals surface area contributed by atoms with Gasteiger partial charge < -0.3 is 21.5 Å². The number of aliphatic imine (C=N–C) groups is 1. The van der Waals surface area contributed by atoms with E-state index in [9.17, 15) is 9.65 Å². The second kappa shape index (κ2) is 6.86. The van der Waals surface area contributed by atoms with Gasteiger partial charge in [-0.05, 0) is 17.7 Å². The Kier molecular flexibility index (Phi) is 4.59. The Hall–Kier alpha value is -3.76. The zero-order valence-electron chi connectivity index (χ0n) is 13.8. The summed E-state index contributed by atoms with van der Waals surface area (Å²) in [7, 11) is 1.29. The summed E-state index contributed by atoms with van der Waals surface area (Å²) in [6, 6.07) is 3.63. The molecule has 0 saturated carbocycles. The summed E-state index contributed by atoms with van der Waals surface area (Å²) in [6.07, 6.45) is 1.73. The first-order chi connectivity index (χ1) is 12.9. The van der Waals surface area contributed by atoms with Crippen LogP contribution in [0.2, 0.25) is 5.02 Å². The Morgan fingerprint density at radius 2 is 2.11 bits per heavy atom. The molecule has 1 aliphatic heterocycles. The molecule has 1 aromatic carbocycles. The van der Waals surface area contributed by atoms with E-state index in [0.29, 0.717) is 11.1 Å². The number of anilines is 3. The standard InChI is InChI=1S/C16H12ClFN8O/c1-27-13-8(17)2-6(3-9(13)18)12-10-11(21)7(4-19)14(22)25-15(10)26-16(24-12)23-5-20/h2-3,12H,1H3,(H6,21,22,23,24,25,26). The molecule has 0 bridgehead atoms. The van der Waals surface area contributed by atoms with Gasteiger partial charge >= 0.3 is 0 Å². The number of nitrogens with two attached hydrogens (primary N) is 2. The van der Waals surface area contributed by atoms with Crippen LogP contribution in [0.5, 0.6) is 5.75 Å². The van der Waals surface area contributed by atoms with Crippen molar-refractivity contribution in [2.45, 2.75) is 6.04 Å². The van der Waals surface area contributed by atoms with Crippen molar-refractivity contribution in [3.05, 3.63) is 39.7 Å². The number of benzene rings is 1. The summed E-state index contributed by atoms with van der Waals surface area (Å²) < 4.78 is 19.3. The van der Waals surface area contributed by atoms with E-state index in [1.807, 2.05) is 6.07 Å². The molecule has 27 heavy (non-hydrogen) atoms. The zero-order chi connectivity index (χ0) is 19.7. The van der Waals surface area contributed by atoms with Gasteiger partial charge in [0, 0.05) is 5.56 Å². The highest BCUT2D eigenvalue weighted by Gasteiger charge is 2.30. The van der Waals surface area contributed by atoms with E-state index < -0.39 is 11.9 Å². The fourth-order valence-electron chi connectivity index (χ4n) is 2.75. The predicted molar refractivity (Wildman–Crippen MR) is 97.4 cm³/mol. The van der Waals surface area contributed by atoms with Crippen LogP contribution in [0.25, 0.3) is 0 Å². The lowest BCUT2D eigenvalue weighted by atomic mass is 9.95. The van der Waals surface area contributed by atoms with Gasteiger partial charge in [-0.2, -0.15) is 10.5 Å². The molecule has 2 heterocycles. The molecule has 2 aromatic rings. The predicted octanol–water partition coefficient (Wildman–Crippen LogP) is 1.86. The molecule has 0 amide bonds. The number of fused-ring (bicyclic) bond motifs is 1. The molecule has 1 aromatic heterocycles. The number of hydrogen-bond donors (Lipinski definition) is 4. The molecule has 0 aliphatic carbocycles. The SMILES string of the molecule is COc1c(F)cc(C2N=C(NC#N)Nc3nc(N)c(C#N)c(N)c32)cc1Cl. The average molecular weight is 387 g/mol. The van der Waals surface area contributed by atoms with E-state index >= 15 is 0 Å². The van der Waals surface area contributed by atoms with E-state index in [0.717, 1.165) is 0 Å². The Morgan fingerprint density at radius 3 is 2.70 bits per heavy atom. The number of nitriles is 2. The van der Waals surface area contributed by atoms with Crippen molar-refractivity contribution in [1.82, 2.24) is 10.3 Å². The van der Waals surface area contributed by atoms with Crippen molar-refractivity contribution >= 4 is 34.9 Å². The molecule has 1 atom stereocenters.